The molecule has 6 heteroatoms. The molecule has 0 spiro atoms. The fourth-order valence-corrected chi connectivity index (χ4v) is 3.04. The Morgan fingerprint density at radius 2 is 2.08 bits per heavy atom. The summed E-state index contributed by atoms with van der Waals surface area (Å²) in [6.07, 6.45) is 1.89. The highest BCUT2D eigenvalue weighted by Gasteiger charge is 2.34. The molecule has 0 radical (unpaired) electrons. The third-order valence-corrected chi connectivity index (χ3v) is 4.52. The third-order valence-electron chi connectivity index (χ3n) is 4.52. The maximum absolute atomic E-state index is 9.35. The van der Waals surface area contributed by atoms with E-state index < -0.39 is 0 Å². The summed E-state index contributed by atoms with van der Waals surface area (Å²) in [5.74, 6) is 1.67. The molecule has 1 unspecified atom stereocenters. The molecule has 1 atom stereocenters. The topological polar surface area (TPSA) is 75.1 Å². The lowest BCUT2D eigenvalue weighted by Crippen LogP contribution is -2.44. The molecule has 1 aliphatic rings. The van der Waals surface area contributed by atoms with Crippen LogP contribution in [0, 0.1) is 5.41 Å². The summed E-state index contributed by atoms with van der Waals surface area (Å²) in [6.45, 7) is 9.88. The Hall–Kier alpha value is -1.79. The van der Waals surface area contributed by atoms with Crippen LogP contribution in [0.25, 0.3) is 0 Å². The van der Waals surface area contributed by atoms with Crippen LogP contribution in [-0.2, 0) is 11.3 Å². The number of aliphatic hydroxyl groups excluding tert-OH is 1. The molecular formula is C20H33N3O3. The van der Waals surface area contributed by atoms with Crippen molar-refractivity contribution in [1.82, 2.24) is 10.6 Å². The molecule has 0 saturated carbocycles. The molecule has 1 aromatic rings. The standard InChI is InChI=1S/C20H33N3O3/c1-4-21-19(23-14-20(9-11-24)10-12-25-15-20)22-13-17-5-7-18(8-6-17)26-16(2)3/h5-8,16,24H,4,9-15H2,1-3H3,(H2,21,22,23). The molecule has 3 N–H and O–H groups in total. The summed E-state index contributed by atoms with van der Waals surface area (Å²) in [7, 11) is 0. The van der Waals surface area contributed by atoms with Crippen molar-refractivity contribution in [2.45, 2.75) is 46.3 Å². The molecule has 1 aromatic carbocycles. The van der Waals surface area contributed by atoms with Gasteiger partial charge >= 0.3 is 0 Å². The number of nitrogens with zero attached hydrogens (tertiary/aromatic N) is 1. The number of aliphatic hydroxyl groups is 1. The zero-order valence-electron chi connectivity index (χ0n) is 16.3. The summed E-state index contributed by atoms with van der Waals surface area (Å²) < 4.78 is 11.2. The average molecular weight is 364 g/mol. The molecule has 26 heavy (non-hydrogen) atoms. The first-order valence-corrected chi connectivity index (χ1v) is 9.53. The van der Waals surface area contributed by atoms with Gasteiger partial charge in [-0.15, -0.1) is 0 Å². The number of rotatable bonds is 9. The lowest BCUT2D eigenvalue weighted by atomic mass is 9.84. The SMILES string of the molecule is CCNC(=NCc1ccc(OC(C)C)cc1)NCC1(CCO)CCOC1. The van der Waals surface area contributed by atoms with Crippen molar-refractivity contribution >= 4 is 5.96 Å². The van der Waals surface area contributed by atoms with Crippen molar-refractivity contribution in [2.75, 3.05) is 32.9 Å². The van der Waals surface area contributed by atoms with Crippen molar-refractivity contribution in [3.8, 4) is 5.75 Å². The van der Waals surface area contributed by atoms with Crippen molar-refractivity contribution in [2.24, 2.45) is 10.4 Å². The van der Waals surface area contributed by atoms with E-state index in [-0.39, 0.29) is 18.1 Å². The average Bonchev–Trinajstić information content (AvgIpc) is 3.07. The molecule has 1 fully saturated rings. The minimum absolute atomic E-state index is 0.000768. The maximum atomic E-state index is 9.35. The van der Waals surface area contributed by atoms with Crippen molar-refractivity contribution in [3.05, 3.63) is 29.8 Å². The Kier molecular flexibility index (Phi) is 8.19. The van der Waals surface area contributed by atoms with Crippen LogP contribution >= 0.6 is 0 Å². The first-order chi connectivity index (χ1) is 12.6. The van der Waals surface area contributed by atoms with Gasteiger partial charge in [0.25, 0.3) is 0 Å². The Morgan fingerprint density at radius 3 is 2.65 bits per heavy atom. The molecule has 1 heterocycles. The minimum Gasteiger partial charge on any atom is -0.491 e. The highest BCUT2D eigenvalue weighted by Crippen LogP contribution is 2.31. The fourth-order valence-electron chi connectivity index (χ4n) is 3.04. The second-order valence-corrected chi connectivity index (χ2v) is 7.14. The van der Waals surface area contributed by atoms with E-state index in [1.807, 2.05) is 38.1 Å². The molecule has 1 saturated heterocycles. The molecule has 2 rings (SSSR count). The largest absolute Gasteiger partial charge is 0.491 e. The Labute approximate surface area is 157 Å². The normalized spacial score (nSPS) is 20.4. The van der Waals surface area contributed by atoms with Crippen LogP contribution < -0.4 is 15.4 Å². The van der Waals surface area contributed by atoms with E-state index in [2.05, 4.69) is 22.5 Å². The summed E-state index contributed by atoms with van der Waals surface area (Å²) in [4.78, 5) is 4.68. The minimum atomic E-state index is 0.000768. The van der Waals surface area contributed by atoms with Crippen LogP contribution in [0.15, 0.2) is 29.3 Å². The Balaban J connectivity index is 1.93. The first-order valence-electron chi connectivity index (χ1n) is 9.53. The van der Waals surface area contributed by atoms with Gasteiger partial charge in [-0.2, -0.15) is 0 Å². The third kappa shape index (κ3) is 6.50. The highest BCUT2D eigenvalue weighted by molar-refractivity contribution is 5.79. The molecule has 0 aromatic heterocycles. The van der Waals surface area contributed by atoms with Crippen molar-refractivity contribution < 1.29 is 14.6 Å². The molecule has 6 nitrogen and oxygen atoms in total. The van der Waals surface area contributed by atoms with Crippen LogP contribution in [-0.4, -0.2) is 50.1 Å². The van der Waals surface area contributed by atoms with Crippen molar-refractivity contribution in [3.63, 3.8) is 0 Å². The van der Waals surface area contributed by atoms with Crippen LogP contribution in [0.3, 0.4) is 0 Å². The van der Waals surface area contributed by atoms with E-state index in [0.29, 0.717) is 13.2 Å². The second-order valence-electron chi connectivity index (χ2n) is 7.14. The number of ether oxygens (including phenoxy) is 2. The van der Waals surface area contributed by atoms with Crippen LogP contribution in [0.1, 0.15) is 39.2 Å². The van der Waals surface area contributed by atoms with Gasteiger partial charge in [-0.25, -0.2) is 4.99 Å². The Morgan fingerprint density at radius 1 is 1.31 bits per heavy atom. The lowest BCUT2D eigenvalue weighted by molar-refractivity contribution is 0.127. The zero-order valence-corrected chi connectivity index (χ0v) is 16.3. The number of aliphatic imine (C=N–C) groups is 1. The van der Waals surface area contributed by atoms with Gasteiger partial charge in [0.05, 0.1) is 19.3 Å². The van der Waals surface area contributed by atoms with Gasteiger partial charge in [-0.05, 0) is 51.3 Å². The maximum Gasteiger partial charge on any atom is 0.191 e. The van der Waals surface area contributed by atoms with E-state index in [1.54, 1.807) is 0 Å². The van der Waals surface area contributed by atoms with E-state index >= 15 is 0 Å². The summed E-state index contributed by atoms with van der Waals surface area (Å²) in [5.41, 5.74) is 1.13. The van der Waals surface area contributed by atoms with Gasteiger partial charge < -0.3 is 25.2 Å². The zero-order chi connectivity index (χ0) is 18.8. The lowest BCUT2D eigenvalue weighted by Gasteiger charge is -2.27. The Bertz CT molecular complexity index is 552. The molecule has 146 valence electrons. The quantitative estimate of drug-likeness (QED) is 0.464. The monoisotopic (exact) mass is 363 g/mol. The van der Waals surface area contributed by atoms with E-state index in [0.717, 1.165) is 49.8 Å². The van der Waals surface area contributed by atoms with Gasteiger partial charge in [-0.3, -0.25) is 0 Å². The van der Waals surface area contributed by atoms with E-state index in [4.69, 9.17) is 9.47 Å². The number of benzene rings is 1. The van der Waals surface area contributed by atoms with E-state index in [9.17, 15) is 5.11 Å². The van der Waals surface area contributed by atoms with Gasteiger partial charge in [0.1, 0.15) is 5.75 Å². The van der Waals surface area contributed by atoms with E-state index in [1.165, 1.54) is 0 Å². The van der Waals surface area contributed by atoms with Gasteiger partial charge in [0.15, 0.2) is 5.96 Å². The number of guanidine groups is 1. The van der Waals surface area contributed by atoms with Gasteiger partial charge in [0.2, 0.25) is 0 Å². The summed E-state index contributed by atoms with van der Waals surface area (Å²) >= 11 is 0. The number of hydrogen-bond acceptors (Lipinski definition) is 4. The van der Waals surface area contributed by atoms with Gasteiger partial charge in [-0.1, -0.05) is 12.1 Å². The summed E-state index contributed by atoms with van der Waals surface area (Å²) in [5, 5.41) is 16.1. The molecular weight excluding hydrogens is 330 g/mol. The van der Waals surface area contributed by atoms with Crippen LogP contribution in [0.5, 0.6) is 5.75 Å². The van der Waals surface area contributed by atoms with Crippen LogP contribution in [0.4, 0.5) is 0 Å². The highest BCUT2D eigenvalue weighted by atomic mass is 16.5. The molecule has 1 aliphatic heterocycles. The van der Waals surface area contributed by atoms with Gasteiger partial charge in [0, 0.05) is 31.7 Å². The second kappa shape index (κ2) is 10.4. The first kappa shape index (κ1) is 20.5. The fraction of sp³-hybridized carbons (Fsp3) is 0.650. The molecule has 0 bridgehead atoms. The molecule has 0 aliphatic carbocycles. The van der Waals surface area contributed by atoms with Crippen molar-refractivity contribution in [1.29, 1.82) is 0 Å². The van der Waals surface area contributed by atoms with Crippen LogP contribution in [0.2, 0.25) is 0 Å². The number of nitrogens with one attached hydrogen (secondary N) is 2. The summed E-state index contributed by atoms with van der Waals surface area (Å²) in [6, 6.07) is 8.06. The number of hydrogen-bond donors (Lipinski definition) is 3. The molecule has 0 amide bonds. The predicted octanol–water partition coefficient (Wildman–Crippen LogP) is 2.32. The predicted molar refractivity (Wildman–Crippen MR) is 105 cm³/mol. The smallest absolute Gasteiger partial charge is 0.191 e.